The van der Waals surface area contributed by atoms with Crippen molar-refractivity contribution in [2.45, 2.75) is 31.7 Å². The first kappa shape index (κ1) is 18.3. The van der Waals surface area contributed by atoms with E-state index in [1.807, 2.05) is 35.9 Å². The lowest BCUT2D eigenvalue weighted by Crippen LogP contribution is -2.34. The number of nitrogens with one attached hydrogen (secondary N) is 1. The van der Waals surface area contributed by atoms with Crippen LogP contribution in [0, 0.1) is 0 Å². The average Bonchev–Trinajstić information content (AvgIpc) is 3.30. The number of nitrogens with zero attached hydrogens (tertiary/aromatic N) is 3. The van der Waals surface area contributed by atoms with Gasteiger partial charge in [0.15, 0.2) is 0 Å². The van der Waals surface area contributed by atoms with Crippen molar-refractivity contribution in [2.24, 2.45) is 7.05 Å². The number of aromatic amines is 1. The van der Waals surface area contributed by atoms with Crippen molar-refractivity contribution >= 4 is 21.9 Å². The molecule has 0 saturated carbocycles. The Hall–Kier alpha value is -2.79. The number of H-pyrrole nitrogens is 1. The summed E-state index contributed by atoms with van der Waals surface area (Å²) in [6.45, 7) is 4.10. The Kier molecular flexibility index (Phi) is 4.76. The molecule has 2 aromatic carbocycles. The van der Waals surface area contributed by atoms with Gasteiger partial charge in [0.2, 0.25) is 0 Å². The smallest absolute Gasteiger partial charge is 0.328 e. The predicted octanol–water partition coefficient (Wildman–Crippen LogP) is 4.09. The third-order valence-corrected chi connectivity index (χ3v) is 6.56. The molecule has 5 rings (SSSR count). The highest BCUT2D eigenvalue weighted by atomic mass is 16.1. The molecule has 1 aliphatic heterocycles. The first-order valence-electron chi connectivity index (χ1n) is 10.6. The van der Waals surface area contributed by atoms with Gasteiger partial charge in [-0.3, -0.25) is 9.13 Å². The minimum absolute atomic E-state index is 0.0873. The van der Waals surface area contributed by atoms with Crippen LogP contribution in [-0.4, -0.2) is 38.7 Å². The van der Waals surface area contributed by atoms with E-state index in [-0.39, 0.29) is 5.69 Å². The summed E-state index contributed by atoms with van der Waals surface area (Å²) in [4.78, 5) is 18.5. The van der Waals surface area contributed by atoms with E-state index in [9.17, 15) is 4.79 Å². The Morgan fingerprint density at radius 3 is 2.52 bits per heavy atom. The van der Waals surface area contributed by atoms with Crippen LogP contribution in [0.2, 0.25) is 0 Å². The first-order valence-corrected chi connectivity index (χ1v) is 10.6. The minimum Gasteiger partial charge on any atom is -0.361 e. The minimum atomic E-state index is 0.0873. The van der Waals surface area contributed by atoms with Gasteiger partial charge in [0, 0.05) is 30.7 Å². The number of likely N-dealkylation sites (tertiary alicyclic amines) is 1. The van der Waals surface area contributed by atoms with E-state index in [1.165, 1.54) is 29.3 Å². The molecule has 2 aromatic heterocycles. The summed E-state index contributed by atoms with van der Waals surface area (Å²) < 4.78 is 3.68. The van der Waals surface area contributed by atoms with Crippen molar-refractivity contribution in [3.05, 3.63) is 70.8 Å². The molecule has 4 aromatic rings. The molecule has 5 heteroatoms. The Morgan fingerprint density at radius 1 is 0.966 bits per heavy atom. The summed E-state index contributed by atoms with van der Waals surface area (Å²) >= 11 is 0. The zero-order chi connectivity index (χ0) is 19.8. The van der Waals surface area contributed by atoms with Gasteiger partial charge in [-0.25, -0.2) is 4.79 Å². The maximum absolute atomic E-state index is 12.6. The number of imidazole rings is 1. The number of para-hydroxylation sites is 3. The normalized spacial score (nSPS) is 16.2. The molecule has 5 nitrogen and oxygen atoms in total. The van der Waals surface area contributed by atoms with Gasteiger partial charge in [0.25, 0.3) is 0 Å². The van der Waals surface area contributed by atoms with Crippen LogP contribution < -0.4 is 5.69 Å². The largest absolute Gasteiger partial charge is 0.361 e. The number of hydrogen-bond donors (Lipinski definition) is 1. The lowest BCUT2D eigenvalue weighted by atomic mass is 9.89. The number of benzene rings is 2. The Balaban J connectivity index is 1.19. The summed E-state index contributed by atoms with van der Waals surface area (Å²) in [6.07, 6.45) is 5.62. The molecular weight excluding hydrogens is 360 g/mol. The molecule has 150 valence electrons. The molecule has 0 aliphatic carbocycles. The number of aromatic nitrogens is 3. The highest BCUT2D eigenvalue weighted by Gasteiger charge is 2.22. The number of aryl methyl sites for hydroxylation is 2. The van der Waals surface area contributed by atoms with Crippen LogP contribution in [-0.2, 0) is 13.6 Å². The molecular formula is C24H28N4O. The maximum atomic E-state index is 12.6. The predicted molar refractivity (Wildman–Crippen MR) is 119 cm³/mol. The highest BCUT2D eigenvalue weighted by molar-refractivity contribution is 5.83. The van der Waals surface area contributed by atoms with E-state index in [1.54, 1.807) is 4.57 Å². The molecule has 0 bridgehead atoms. The average molecular weight is 389 g/mol. The fourth-order valence-electron chi connectivity index (χ4n) is 4.93. The molecule has 0 radical (unpaired) electrons. The van der Waals surface area contributed by atoms with E-state index in [0.29, 0.717) is 5.92 Å². The lowest BCUT2D eigenvalue weighted by molar-refractivity contribution is 0.207. The molecule has 1 N–H and O–H groups in total. The van der Waals surface area contributed by atoms with Crippen molar-refractivity contribution in [3.8, 4) is 0 Å². The van der Waals surface area contributed by atoms with Crippen molar-refractivity contribution in [1.29, 1.82) is 0 Å². The number of hydrogen-bond acceptors (Lipinski definition) is 2. The van der Waals surface area contributed by atoms with Gasteiger partial charge >= 0.3 is 5.69 Å². The molecule has 29 heavy (non-hydrogen) atoms. The van der Waals surface area contributed by atoms with Crippen molar-refractivity contribution < 1.29 is 0 Å². The van der Waals surface area contributed by atoms with Crippen LogP contribution in [0.4, 0.5) is 0 Å². The third-order valence-electron chi connectivity index (χ3n) is 6.56. The fourth-order valence-corrected chi connectivity index (χ4v) is 4.93. The second kappa shape index (κ2) is 7.56. The standard InChI is InChI=1S/C24H28N4O/c1-26-22-9-4-5-10-23(22)28(24(26)29)14-6-13-27-15-11-18(12-16-27)20-17-25-21-8-3-2-7-19(20)21/h2-5,7-10,17-18,25H,6,11-16H2,1H3. The molecule has 1 fully saturated rings. The highest BCUT2D eigenvalue weighted by Crippen LogP contribution is 2.33. The SMILES string of the molecule is Cn1c(=O)n(CCCN2CCC(c3c[nH]c4ccccc34)CC2)c2ccccc21. The monoisotopic (exact) mass is 388 g/mol. The summed E-state index contributed by atoms with van der Waals surface area (Å²) in [5.41, 5.74) is 4.85. The van der Waals surface area contributed by atoms with Crippen LogP contribution in [0.15, 0.2) is 59.5 Å². The van der Waals surface area contributed by atoms with Gasteiger partial charge in [-0.2, -0.15) is 0 Å². The molecule has 0 atom stereocenters. The van der Waals surface area contributed by atoms with Crippen LogP contribution in [0.1, 0.15) is 30.7 Å². The van der Waals surface area contributed by atoms with Crippen molar-refractivity contribution in [1.82, 2.24) is 19.0 Å². The van der Waals surface area contributed by atoms with Gasteiger partial charge < -0.3 is 9.88 Å². The second-order valence-electron chi connectivity index (χ2n) is 8.24. The van der Waals surface area contributed by atoms with E-state index in [2.05, 4.69) is 40.3 Å². The lowest BCUT2D eigenvalue weighted by Gasteiger charge is -2.32. The van der Waals surface area contributed by atoms with Gasteiger partial charge in [0.05, 0.1) is 11.0 Å². The Labute approximate surface area is 170 Å². The quantitative estimate of drug-likeness (QED) is 0.560. The van der Waals surface area contributed by atoms with Gasteiger partial charge in [-0.1, -0.05) is 30.3 Å². The zero-order valence-corrected chi connectivity index (χ0v) is 17.0. The van der Waals surface area contributed by atoms with E-state index >= 15 is 0 Å². The number of piperidine rings is 1. The Bertz CT molecular complexity index is 1190. The second-order valence-corrected chi connectivity index (χ2v) is 8.24. The van der Waals surface area contributed by atoms with E-state index in [4.69, 9.17) is 0 Å². The number of fused-ring (bicyclic) bond motifs is 2. The first-order chi connectivity index (χ1) is 14.2. The topological polar surface area (TPSA) is 46.0 Å². The van der Waals surface area contributed by atoms with E-state index in [0.717, 1.165) is 43.6 Å². The summed E-state index contributed by atoms with van der Waals surface area (Å²) in [5.74, 6) is 0.642. The molecule has 3 heterocycles. The summed E-state index contributed by atoms with van der Waals surface area (Å²) in [5, 5.41) is 1.38. The van der Waals surface area contributed by atoms with Gasteiger partial charge in [-0.05, 0) is 68.6 Å². The van der Waals surface area contributed by atoms with Crippen LogP contribution in [0.25, 0.3) is 21.9 Å². The van der Waals surface area contributed by atoms with Crippen molar-refractivity contribution in [2.75, 3.05) is 19.6 Å². The van der Waals surface area contributed by atoms with E-state index < -0.39 is 0 Å². The number of rotatable bonds is 5. The van der Waals surface area contributed by atoms with Crippen LogP contribution >= 0.6 is 0 Å². The summed E-state index contributed by atoms with van der Waals surface area (Å²) in [7, 11) is 1.86. The Morgan fingerprint density at radius 2 is 1.69 bits per heavy atom. The fraction of sp³-hybridized carbons (Fsp3) is 0.375. The third kappa shape index (κ3) is 3.29. The van der Waals surface area contributed by atoms with Gasteiger partial charge in [0.1, 0.15) is 0 Å². The van der Waals surface area contributed by atoms with Crippen LogP contribution in [0.3, 0.4) is 0 Å². The molecule has 0 amide bonds. The van der Waals surface area contributed by atoms with Crippen LogP contribution in [0.5, 0.6) is 0 Å². The maximum Gasteiger partial charge on any atom is 0.328 e. The zero-order valence-electron chi connectivity index (χ0n) is 17.0. The van der Waals surface area contributed by atoms with Gasteiger partial charge in [-0.15, -0.1) is 0 Å². The summed E-state index contributed by atoms with van der Waals surface area (Å²) in [6, 6.07) is 16.7. The molecule has 1 aliphatic rings. The van der Waals surface area contributed by atoms with Crippen molar-refractivity contribution in [3.63, 3.8) is 0 Å². The molecule has 0 unspecified atom stereocenters. The molecule has 0 spiro atoms. The molecule has 1 saturated heterocycles.